The largest absolute Gasteiger partial charge is 0.479 e. The van der Waals surface area contributed by atoms with Crippen molar-refractivity contribution in [1.82, 2.24) is 14.5 Å². The fourth-order valence-corrected chi connectivity index (χ4v) is 2.96. The molecule has 27 heavy (non-hydrogen) atoms. The van der Waals surface area contributed by atoms with Crippen molar-refractivity contribution in [2.24, 2.45) is 0 Å². The number of carbonyl (C=O) groups is 2. The summed E-state index contributed by atoms with van der Waals surface area (Å²) in [5.74, 6) is -1.29. The van der Waals surface area contributed by atoms with Crippen molar-refractivity contribution in [3.8, 4) is 0 Å². The molecule has 1 aromatic heterocycles. The molecule has 146 valence electrons. The number of benzene rings is 1. The van der Waals surface area contributed by atoms with Crippen LogP contribution in [0.15, 0.2) is 41.6 Å². The molecule has 9 nitrogen and oxygen atoms in total. The first-order valence-electron chi connectivity index (χ1n) is 8.17. The second kappa shape index (κ2) is 7.89. The third kappa shape index (κ3) is 4.92. The number of aliphatic carboxylic acids is 1. The molecule has 10 heteroatoms. The van der Waals surface area contributed by atoms with Gasteiger partial charge in [-0.2, -0.15) is 5.10 Å². The number of aryl methyl sites for hydroxylation is 1. The van der Waals surface area contributed by atoms with E-state index in [1.165, 1.54) is 50.1 Å². The molecule has 0 saturated heterocycles. The third-order valence-corrected chi connectivity index (χ3v) is 5.54. The Kier molecular flexibility index (Phi) is 6.01. The zero-order chi connectivity index (χ0) is 20.2. The van der Waals surface area contributed by atoms with Gasteiger partial charge in [0, 0.05) is 12.6 Å². The molecule has 2 rings (SSSR count). The highest BCUT2D eigenvalue weighted by Gasteiger charge is 2.30. The molecule has 1 amide bonds. The maximum absolute atomic E-state index is 12.1. The van der Waals surface area contributed by atoms with E-state index in [0.717, 1.165) is 5.56 Å². The summed E-state index contributed by atoms with van der Waals surface area (Å²) < 4.78 is 26.9. The number of carboxylic acid groups (broad SMARTS) is 1. The van der Waals surface area contributed by atoms with Crippen molar-refractivity contribution in [3.63, 3.8) is 0 Å². The van der Waals surface area contributed by atoms with E-state index in [1.54, 1.807) is 12.1 Å². The van der Waals surface area contributed by atoms with E-state index in [1.807, 2.05) is 0 Å². The molecular formula is C17H22N4O5S. The van der Waals surface area contributed by atoms with Crippen molar-refractivity contribution in [2.75, 3.05) is 12.4 Å². The number of sulfonamides is 1. The molecule has 0 unspecified atom stereocenters. The molecular weight excluding hydrogens is 372 g/mol. The lowest BCUT2D eigenvalue weighted by atomic mass is 10.1. The first-order valence-corrected chi connectivity index (χ1v) is 9.65. The fraction of sp³-hybridized carbons (Fsp3) is 0.353. The summed E-state index contributed by atoms with van der Waals surface area (Å²) in [6, 6.07) is 6.28. The average Bonchev–Trinajstić information content (AvgIpc) is 3.09. The average molecular weight is 394 g/mol. The van der Waals surface area contributed by atoms with E-state index >= 15 is 0 Å². The van der Waals surface area contributed by atoms with Gasteiger partial charge in [-0.1, -0.05) is 12.1 Å². The number of nitrogens with one attached hydrogen (secondary N) is 2. The standard InChI is InChI=1S/C17H22N4O5S/c1-17(2,16(23)24)21-11-13(10-19-21)20-15(22)9-6-12-4-7-14(8-5-12)27(25,26)18-3/h4-5,7-8,10-11,18H,6,9H2,1-3H3,(H,20,22)(H,23,24). The van der Waals surface area contributed by atoms with Gasteiger partial charge in [0.2, 0.25) is 15.9 Å². The van der Waals surface area contributed by atoms with Crippen LogP contribution in [0.2, 0.25) is 0 Å². The third-order valence-electron chi connectivity index (χ3n) is 4.11. The summed E-state index contributed by atoms with van der Waals surface area (Å²) >= 11 is 0. The number of anilines is 1. The van der Waals surface area contributed by atoms with Gasteiger partial charge in [-0.15, -0.1) is 0 Å². The predicted octanol–water partition coefficient (Wildman–Crippen LogP) is 1.18. The highest BCUT2D eigenvalue weighted by atomic mass is 32.2. The molecule has 3 N–H and O–H groups in total. The fourth-order valence-electron chi connectivity index (χ4n) is 2.23. The molecule has 0 aliphatic carbocycles. The van der Waals surface area contributed by atoms with Crippen molar-refractivity contribution in [3.05, 3.63) is 42.2 Å². The number of rotatable bonds is 8. The van der Waals surface area contributed by atoms with E-state index in [-0.39, 0.29) is 17.2 Å². The van der Waals surface area contributed by atoms with Crippen LogP contribution in [0.25, 0.3) is 0 Å². The van der Waals surface area contributed by atoms with Crippen LogP contribution in [0.5, 0.6) is 0 Å². The van der Waals surface area contributed by atoms with Crippen molar-refractivity contribution < 1.29 is 23.1 Å². The number of carbonyl (C=O) groups excluding carboxylic acids is 1. The number of hydrogen-bond donors (Lipinski definition) is 3. The maximum Gasteiger partial charge on any atom is 0.331 e. The lowest BCUT2D eigenvalue weighted by Gasteiger charge is -2.19. The Balaban J connectivity index is 1.94. The van der Waals surface area contributed by atoms with Gasteiger partial charge in [0.15, 0.2) is 5.54 Å². The Bertz CT molecular complexity index is 932. The quantitative estimate of drug-likeness (QED) is 0.616. The first-order chi connectivity index (χ1) is 12.6. The molecule has 0 fully saturated rings. The minimum atomic E-state index is -3.48. The number of nitrogens with zero attached hydrogens (tertiary/aromatic N) is 2. The van der Waals surface area contributed by atoms with Crippen LogP contribution in [0.1, 0.15) is 25.8 Å². The summed E-state index contributed by atoms with van der Waals surface area (Å²) in [6.07, 6.45) is 3.47. The Labute approximate surface area is 157 Å². The number of aromatic nitrogens is 2. The Hall–Kier alpha value is -2.72. The zero-order valence-electron chi connectivity index (χ0n) is 15.3. The molecule has 1 aromatic carbocycles. The van der Waals surface area contributed by atoms with Gasteiger partial charge < -0.3 is 10.4 Å². The van der Waals surface area contributed by atoms with Gasteiger partial charge in [-0.25, -0.2) is 17.9 Å². The second-order valence-electron chi connectivity index (χ2n) is 6.44. The van der Waals surface area contributed by atoms with Crippen molar-refractivity contribution in [2.45, 2.75) is 37.1 Å². The van der Waals surface area contributed by atoms with Crippen LogP contribution in [0.3, 0.4) is 0 Å². The number of amides is 1. The molecule has 0 bridgehead atoms. The summed E-state index contributed by atoms with van der Waals surface area (Å²) in [6.45, 7) is 3.01. The number of carboxylic acids is 1. The van der Waals surface area contributed by atoms with Crippen LogP contribution >= 0.6 is 0 Å². The van der Waals surface area contributed by atoms with Crippen LogP contribution in [0.4, 0.5) is 5.69 Å². The minimum absolute atomic E-state index is 0.159. The zero-order valence-corrected chi connectivity index (χ0v) is 16.1. The van der Waals surface area contributed by atoms with Crippen LogP contribution in [-0.2, 0) is 31.6 Å². The Morgan fingerprint density at radius 3 is 2.41 bits per heavy atom. The van der Waals surface area contributed by atoms with Gasteiger partial charge >= 0.3 is 5.97 Å². The Morgan fingerprint density at radius 1 is 1.22 bits per heavy atom. The summed E-state index contributed by atoms with van der Waals surface area (Å²) in [5.41, 5.74) is 0.00554. The molecule has 0 spiro atoms. The normalized spacial score (nSPS) is 12.0. The highest BCUT2D eigenvalue weighted by molar-refractivity contribution is 7.89. The topological polar surface area (TPSA) is 130 Å². The van der Waals surface area contributed by atoms with Gasteiger partial charge in [0.05, 0.1) is 16.8 Å². The van der Waals surface area contributed by atoms with E-state index in [2.05, 4.69) is 15.1 Å². The molecule has 0 radical (unpaired) electrons. The van der Waals surface area contributed by atoms with Crippen molar-refractivity contribution in [1.29, 1.82) is 0 Å². The van der Waals surface area contributed by atoms with Gasteiger partial charge in [-0.05, 0) is 45.0 Å². The first kappa shape index (κ1) is 20.6. The molecule has 1 heterocycles. The molecule has 0 aliphatic heterocycles. The Morgan fingerprint density at radius 2 is 1.85 bits per heavy atom. The molecule has 0 atom stereocenters. The van der Waals surface area contributed by atoms with E-state index in [9.17, 15) is 23.1 Å². The number of hydrogen-bond acceptors (Lipinski definition) is 5. The van der Waals surface area contributed by atoms with E-state index in [0.29, 0.717) is 12.1 Å². The molecule has 2 aromatic rings. The van der Waals surface area contributed by atoms with Gasteiger partial charge in [0.25, 0.3) is 0 Å². The van der Waals surface area contributed by atoms with E-state index < -0.39 is 21.5 Å². The SMILES string of the molecule is CNS(=O)(=O)c1ccc(CCC(=O)Nc2cnn(C(C)(C)C(=O)O)c2)cc1. The summed E-state index contributed by atoms with van der Waals surface area (Å²) in [4.78, 5) is 23.5. The maximum atomic E-state index is 12.1. The van der Waals surface area contributed by atoms with Crippen molar-refractivity contribution >= 4 is 27.6 Å². The second-order valence-corrected chi connectivity index (χ2v) is 8.32. The predicted molar refractivity (Wildman–Crippen MR) is 98.8 cm³/mol. The monoisotopic (exact) mass is 394 g/mol. The van der Waals surface area contributed by atoms with Crippen LogP contribution in [0, 0.1) is 0 Å². The summed E-state index contributed by atoms with van der Waals surface area (Å²) in [5, 5.41) is 15.8. The lowest BCUT2D eigenvalue weighted by Crippen LogP contribution is -2.35. The minimum Gasteiger partial charge on any atom is -0.479 e. The summed E-state index contributed by atoms with van der Waals surface area (Å²) in [7, 11) is -2.14. The van der Waals surface area contributed by atoms with Crippen LogP contribution < -0.4 is 10.0 Å². The smallest absolute Gasteiger partial charge is 0.331 e. The molecule has 0 saturated carbocycles. The van der Waals surface area contributed by atoms with Gasteiger partial charge in [-0.3, -0.25) is 9.48 Å². The van der Waals surface area contributed by atoms with Crippen LogP contribution in [-0.4, -0.2) is 42.2 Å². The lowest BCUT2D eigenvalue weighted by molar-refractivity contribution is -0.146. The van der Waals surface area contributed by atoms with E-state index in [4.69, 9.17) is 0 Å². The van der Waals surface area contributed by atoms with Gasteiger partial charge in [0.1, 0.15) is 0 Å². The highest BCUT2D eigenvalue weighted by Crippen LogP contribution is 2.18. The molecule has 0 aliphatic rings.